The van der Waals surface area contributed by atoms with Crippen LogP contribution in [-0.4, -0.2) is 35.8 Å². The van der Waals surface area contributed by atoms with Gasteiger partial charge in [0.05, 0.1) is 0 Å². The standard InChI is InChI=1S/C19H23N3O2S/c23-17(15-6-2-1-3-7-15)9-4-10-18(24)21-14-16-8-5-12-22(16)19-20-11-13-25-19/h1-3,6-7,11,13,16H,4-5,8-10,12,14H2,(H,21,24). The maximum atomic E-state index is 12.1. The number of thiazole rings is 1. The monoisotopic (exact) mass is 357 g/mol. The summed E-state index contributed by atoms with van der Waals surface area (Å²) in [5, 5.41) is 6.03. The normalized spacial score (nSPS) is 16.8. The Kier molecular flexibility index (Phi) is 6.17. The third kappa shape index (κ3) is 4.89. The topological polar surface area (TPSA) is 62.3 Å². The van der Waals surface area contributed by atoms with Crippen molar-refractivity contribution in [1.82, 2.24) is 10.3 Å². The Morgan fingerprint density at radius 2 is 2.08 bits per heavy atom. The highest BCUT2D eigenvalue weighted by molar-refractivity contribution is 7.13. The minimum atomic E-state index is 0.0202. The van der Waals surface area contributed by atoms with Gasteiger partial charge in [0.2, 0.25) is 5.91 Å². The Morgan fingerprint density at radius 3 is 2.84 bits per heavy atom. The first kappa shape index (κ1) is 17.6. The first-order valence-corrected chi connectivity index (χ1v) is 9.63. The van der Waals surface area contributed by atoms with E-state index < -0.39 is 0 Å². The summed E-state index contributed by atoms with van der Waals surface area (Å²) in [7, 11) is 0. The van der Waals surface area contributed by atoms with Gasteiger partial charge in [-0.1, -0.05) is 30.3 Å². The fourth-order valence-electron chi connectivity index (χ4n) is 3.16. The summed E-state index contributed by atoms with van der Waals surface area (Å²) >= 11 is 1.64. The second kappa shape index (κ2) is 8.76. The summed E-state index contributed by atoms with van der Waals surface area (Å²) in [6.45, 7) is 1.64. The van der Waals surface area contributed by atoms with Crippen LogP contribution in [0.15, 0.2) is 41.9 Å². The zero-order chi connectivity index (χ0) is 17.5. The molecule has 1 fully saturated rings. The quantitative estimate of drug-likeness (QED) is 0.737. The molecule has 1 aromatic carbocycles. The van der Waals surface area contributed by atoms with Crippen LogP contribution < -0.4 is 10.2 Å². The molecule has 5 nitrogen and oxygen atoms in total. The molecule has 1 amide bonds. The molecule has 1 saturated heterocycles. The number of nitrogens with zero attached hydrogens (tertiary/aromatic N) is 2. The van der Waals surface area contributed by atoms with E-state index in [-0.39, 0.29) is 11.7 Å². The Labute approximate surface area is 152 Å². The van der Waals surface area contributed by atoms with Gasteiger partial charge in [0.25, 0.3) is 0 Å². The van der Waals surface area contributed by atoms with Crippen LogP contribution in [-0.2, 0) is 4.79 Å². The molecule has 132 valence electrons. The molecule has 1 aliphatic heterocycles. The lowest BCUT2D eigenvalue weighted by Gasteiger charge is -2.24. The first-order chi connectivity index (χ1) is 12.2. The van der Waals surface area contributed by atoms with Crippen molar-refractivity contribution in [2.75, 3.05) is 18.0 Å². The van der Waals surface area contributed by atoms with E-state index in [2.05, 4.69) is 15.2 Å². The second-order valence-corrected chi connectivity index (χ2v) is 7.12. The average molecular weight is 357 g/mol. The van der Waals surface area contributed by atoms with Crippen LogP contribution in [0, 0.1) is 0 Å². The largest absolute Gasteiger partial charge is 0.354 e. The summed E-state index contributed by atoms with van der Waals surface area (Å²) in [5.74, 6) is 0.117. The first-order valence-electron chi connectivity index (χ1n) is 8.75. The molecule has 25 heavy (non-hydrogen) atoms. The van der Waals surface area contributed by atoms with Crippen molar-refractivity contribution in [3.8, 4) is 0 Å². The highest BCUT2D eigenvalue weighted by Gasteiger charge is 2.26. The third-order valence-corrected chi connectivity index (χ3v) is 5.29. The lowest BCUT2D eigenvalue weighted by molar-refractivity contribution is -0.121. The number of carbonyl (C=O) groups excluding carboxylic acids is 2. The zero-order valence-corrected chi connectivity index (χ0v) is 15.0. The van der Waals surface area contributed by atoms with Gasteiger partial charge in [-0.05, 0) is 19.3 Å². The van der Waals surface area contributed by atoms with Crippen molar-refractivity contribution in [3.63, 3.8) is 0 Å². The van der Waals surface area contributed by atoms with E-state index in [0.717, 1.165) is 24.5 Å². The minimum Gasteiger partial charge on any atom is -0.354 e. The van der Waals surface area contributed by atoms with Gasteiger partial charge in [-0.3, -0.25) is 9.59 Å². The second-order valence-electron chi connectivity index (χ2n) is 6.25. The van der Waals surface area contributed by atoms with E-state index in [1.807, 2.05) is 41.9 Å². The summed E-state index contributed by atoms with van der Waals surface area (Å²) in [5.41, 5.74) is 0.716. The number of benzene rings is 1. The van der Waals surface area contributed by atoms with Crippen molar-refractivity contribution in [3.05, 3.63) is 47.5 Å². The van der Waals surface area contributed by atoms with Gasteiger partial charge in [-0.2, -0.15) is 0 Å². The molecule has 1 N–H and O–H groups in total. The number of anilines is 1. The van der Waals surface area contributed by atoms with Crippen LogP contribution in [0.5, 0.6) is 0 Å². The van der Waals surface area contributed by atoms with E-state index in [0.29, 0.717) is 37.4 Å². The van der Waals surface area contributed by atoms with Crippen molar-refractivity contribution in [2.45, 2.75) is 38.1 Å². The number of hydrogen-bond donors (Lipinski definition) is 1. The molecular formula is C19H23N3O2S. The van der Waals surface area contributed by atoms with Crippen molar-refractivity contribution >= 4 is 28.2 Å². The molecule has 1 unspecified atom stereocenters. The SMILES string of the molecule is O=C(CCCC(=O)c1ccccc1)NCC1CCCN1c1nccs1. The lowest BCUT2D eigenvalue weighted by Crippen LogP contribution is -2.40. The van der Waals surface area contributed by atoms with Gasteiger partial charge in [0.1, 0.15) is 0 Å². The molecule has 0 spiro atoms. The van der Waals surface area contributed by atoms with E-state index in [9.17, 15) is 9.59 Å². The summed E-state index contributed by atoms with van der Waals surface area (Å²) in [4.78, 5) is 30.7. The molecule has 3 rings (SSSR count). The maximum absolute atomic E-state index is 12.1. The molecule has 6 heteroatoms. The van der Waals surface area contributed by atoms with E-state index in [4.69, 9.17) is 0 Å². The average Bonchev–Trinajstić information content (AvgIpc) is 3.31. The van der Waals surface area contributed by atoms with E-state index >= 15 is 0 Å². The Hall–Kier alpha value is -2.21. The van der Waals surface area contributed by atoms with E-state index in [1.165, 1.54) is 0 Å². The van der Waals surface area contributed by atoms with Gasteiger partial charge >= 0.3 is 0 Å². The molecule has 1 aromatic heterocycles. The van der Waals surface area contributed by atoms with Crippen LogP contribution in [0.1, 0.15) is 42.5 Å². The lowest BCUT2D eigenvalue weighted by atomic mass is 10.1. The van der Waals surface area contributed by atoms with Crippen LogP contribution >= 0.6 is 11.3 Å². The molecule has 1 atom stereocenters. The number of carbonyl (C=O) groups is 2. The summed E-state index contributed by atoms with van der Waals surface area (Å²) < 4.78 is 0. The van der Waals surface area contributed by atoms with Crippen molar-refractivity contribution in [2.24, 2.45) is 0 Å². The van der Waals surface area contributed by atoms with Gasteiger partial charge < -0.3 is 10.2 Å². The molecular weight excluding hydrogens is 334 g/mol. The molecule has 0 radical (unpaired) electrons. The molecule has 0 aliphatic carbocycles. The highest BCUT2D eigenvalue weighted by Crippen LogP contribution is 2.26. The zero-order valence-electron chi connectivity index (χ0n) is 14.2. The number of nitrogens with one attached hydrogen (secondary N) is 1. The van der Waals surface area contributed by atoms with Crippen LogP contribution in [0.4, 0.5) is 5.13 Å². The van der Waals surface area contributed by atoms with Gasteiger partial charge in [0, 0.05) is 49.1 Å². The fraction of sp³-hybridized carbons (Fsp3) is 0.421. The molecule has 1 aliphatic rings. The predicted molar refractivity (Wildman–Crippen MR) is 100 cm³/mol. The van der Waals surface area contributed by atoms with Gasteiger partial charge in [-0.25, -0.2) is 4.98 Å². The van der Waals surface area contributed by atoms with Crippen molar-refractivity contribution in [1.29, 1.82) is 0 Å². The van der Waals surface area contributed by atoms with Gasteiger partial charge in [0.15, 0.2) is 10.9 Å². The Bertz CT molecular complexity index is 688. The summed E-state index contributed by atoms with van der Waals surface area (Å²) in [6.07, 6.45) is 5.41. The van der Waals surface area contributed by atoms with Crippen LogP contribution in [0.3, 0.4) is 0 Å². The minimum absolute atomic E-state index is 0.0202. The van der Waals surface area contributed by atoms with Crippen molar-refractivity contribution < 1.29 is 9.59 Å². The number of Topliss-reactive ketones (excluding diaryl/α,β-unsaturated/α-hetero) is 1. The number of rotatable bonds is 8. The predicted octanol–water partition coefficient (Wildman–Crippen LogP) is 3.28. The number of hydrogen-bond acceptors (Lipinski definition) is 5. The third-order valence-electron chi connectivity index (χ3n) is 4.48. The Balaban J connectivity index is 1.37. The fourth-order valence-corrected chi connectivity index (χ4v) is 3.90. The number of aromatic nitrogens is 1. The number of ketones is 1. The highest BCUT2D eigenvalue weighted by atomic mass is 32.1. The van der Waals surface area contributed by atoms with E-state index in [1.54, 1.807) is 11.3 Å². The smallest absolute Gasteiger partial charge is 0.220 e. The number of amides is 1. The van der Waals surface area contributed by atoms with Crippen LogP contribution in [0.25, 0.3) is 0 Å². The Morgan fingerprint density at radius 1 is 1.24 bits per heavy atom. The molecule has 2 aromatic rings. The molecule has 0 saturated carbocycles. The molecule has 2 heterocycles. The van der Waals surface area contributed by atoms with Crippen LogP contribution in [0.2, 0.25) is 0 Å². The molecule has 0 bridgehead atoms. The summed E-state index contributed by atoms with van der Waals surface area (Å²) in [6, 6.07) is 9.56. The maximum Gasteiger partial charge on any atom is 0.220 e. The van der Waals surface area contributed by atoms with Gasteiger partial charge in [-0.15, -0.1) is 11.3 Å².